The van der Waals surface area contributed by atoms with Crippen LogP contribution in [0.2, 0.25) is 0 Å². The Morgan fingerprint density at radius 3 is 2.09 bits per heavy atom. The van der Waals surface area contributed by atoms with Gasteiger partial charge in [0.1, 0.15) is 6.10 Å². The second kappa shape index (κ2) is 5.45. The fraction of sp³-hybridized carbons (Fsp3) is 0.400. The van der Waals surface area contributed by atoms with Crippen molar-refractivity contribution in [3.05, 3.63) is 35.4 Å². The van der Waals surface area contributed by atoms with E-state index in [1.54, 1.807) is 12.1 Å². The predicted molar refractivity (Wildman–Crippen MR) is 68.8 cm³/mol. The number of sulfonamides is 2. The molecule has 0 spiro atoms. The predicted octanol–water partition coefficient (Wildman–Crippen LogP) is 0.613. The van der Waals surface area contributed by atoms with Gasteiger partial charge in [-0.15, -0.1) is 0 Å². The van der Waals surface area contributed by atoms with Crippen molar-refractivity contribution in [1.29, 1.82) is 0 Å². The molecule has 0 aromatic heterocycles. The van der Waals surface area contributed by atoms with Crippen LogP contribution in [0.5, 0.6) is 0 Å². The maximum Gasteiger partial charge on any atom is 0.513 e. The molecular weight excluding hydrogens is 349 g/mol. The first-order chi connectivity index (χ1) is 9.95. The molecule has 0 bridgehead atoms. The van der Waals surface area contributed by atoms with Crippen molar-refractivity contribution in [2.24, 2.45) is 5.84 Å². The molecule has 0 aliphatic carbocycles. The van der Waals surface area contributed by atoms with Gasteiger partial charge in [-0.1, -0.05) is 24.3 Å². The third kappa shape index (κ3) is 3.41. The lowest BCUT2D eigenvalue weighted by Gasteiger charge is -2.18. The van der Waals surface area contributed by atoms with Crippen molar-refractivity contribution >= 4 is 20.0 Å². The maximum absolute atomic E-state index is 12.3. The molecule has 7 nitrogen and oxygen atoms in total. The first-order valence-electron chi connectivity index (χ1n) is 5.75. The summed E-state index contributed by atoms with van der Waals surface area (Å²) in [4.78, 5) is 0. The largest absolute Gasteiger partial charge is 0.513 e. The van der Waals surface area contributed by atoms with E-state index in [0.29, 0.717) is 6.61 Å². The fourth-order valence-corrected chi connectivity index (χ4v) is 4.15. The molecule has 0 radical (unpaired) electrons. The zero-order chi connectivity index (χ0) is 16.8. The Morgan fingerprint density at radius 1 is 1.18 bits per heavy atom. The smallest absolute Gasteiger partial charge is 0.368 e. The van der Waals surface area contributed by atoms with Gasteiger partial charge in [-0.3, -0.25) is 0 Å². The minimum atomic E-state index is -6.16. The Balaban J connectivity index is 2.20. The second-order valence-corrected chi connectivity index (χ2v) is 8.38. The summed E-state index contributed by atoms with van der Waals surface area (Å²) in [5.74, 6) is 3.69. The summed E-state index contributed by atoms with van der Waals surface area (Å²) in [6.45, 7) is 0.540. The van der Waals surface area contributed by atoms with Crippen molar-refractivity contribution in [2.45, 2.75) is 17.4 Å². The molecule has 0 saturated carbocycles. The van der Waals surface area contributed by atoms with E-state index >= 15 is 0 Å². The average Bonchev–Trinajstić information content (AvgIpc) is 3.21. The zero-order valence-electron chi connectivity index (χ0n) is 10.8. The summed E-state index contributed by atoms with van der Waals surface area (Å²) in [6, 6.07) is 5.79. The minimum absolute atomic E-state index is 0.0673. The van der Waals surface area contributed by atoms with E-state index < -0.39 is 35.1 Å². The van der Waals surface area contributed by atoms with Crippen LogP contribution in [0.4, 0.5) is 13.2 Å². The van der Waals surface area contributed by atoms with Gasteiger partial charge in [0, 0.05) is 0 Å². The molecule has 1 unspecified atom stereocenters. The fourth-order valence-electron chi connectivity index (χ4n) is 1.59. The van der Waals surface area contributed by atoms with Crippen LogP contribution < -0.4 is 5.84 Å². The standard InChI is InChI=1S/C10H11F3N2O5S2/c11-10(12,13)22(18,19)15(14)21(16,17)6-7-1-3-8(4-2-7)9-5-20-9/h1-4,9H,5-6,14H2. The SMILES string of the molecule is NN(S(=O)(=O)Cc1ccc(C2CO2)cc1)S(=O)(=O)C(F)(F)F. The minimum Gasteiger partial charge on any atom is -0.368 e. The molecule has 1 atom stereocenters. The van der Waals surface area contributed by atoms with Gasteiger partial charge in [-0.05, 0) is 14.9 Å². The Labute approximate surface area is 124 Å². The molecule has 1 aromatic rings. The Bertz CT molecular complexity index is 755. The lowest BCUT2D eigenvalue weighted by Crippen LogP contribution is -2.48. The molecule has 2 N–H and O–H groups in total. The number of hydrogen-bond acceptors (Lipinski definition) is 6. The number of hydrazine groups is 1. The molecule has 22 heavy (non-hydrogen) atoms. The summed E-state index contributed by atoms with van der Waals surface area (Å²) in [7, 11) is -11.1. The van der Waals surface area contributed by atoms with Crippen molar-refractivity contribution in [3.63, 3.8) is 0 Å². The lowest BCUT2D eigenvalue weighted by molar-refractivity contribution is -0.0469. The first-order valence-corrected chi connectivity index (χ1v) is 8.80. The Morgan fingerprint density at radius 2 is 1.68 bits per heavy atom. The van der Waals surface area contributed by atoms with E-state index in [-0.39, 0.29) is 11.7 Å². The summed E-state index contributed by atoms with van der Waals surface area (Å²) >= 11 is 0. The number of benzene rings is 1. The van der Waals surface area contributed by atoms with Crippen LogP contribution in [0, 0.1) is 0 Å². The van der Waals surface area contributed by atoms with Crippen LogP contribution in [0.3, 0.4) is 0 Å². The van der Waals surface area contributed by atoms with E-state index in [0.717, 1.165) is 5.56 Å². The van der Waals surface area contributed by atoms with Gasteiger partial charge in [0.2, 0.25) is 10.0 Å². The molecule has 1 aliphatic heterocycles. The highest BCUT2D eigenvalue weighted by atomic mass is 32.3. The highest BCUT2D eigenvalue weighted by Crippen LogP contribution is 2.30. The third-order valence-corrected chi connectivity index (χ3v) is 6.41. The highest BCUT2D eigenvalue weighted by Gasteiger charge is 2.53. The van der Waals surface area contributed by atoms with E-state index in [1.807, 2.05) is 0 Å². The van der Waals surface area contributed by atoms with Gasteiger partial charge in [0.15, 0.2) is 0 Å². The van der Waals surface area contributed by atoms with Gasteiger partial charge in [-0.2, -0.15) is 13.2 Å². The van der Waals surface area contributed by atoms with Crippen LogP contribution in [-0.4, -0.2) is 32.8 Å². The molecule has 1 heterocycles. The van der Waals surface area contributed by atoms with Gasteiger partial charge in [0.25, 0.3) is 0 Å². The van der Waals surface area contributed by atoms with E-state index in [2.05, 4.69) is 5.84 Å². The van der Waals surface area contributed by atoms with Gasteiger partial charge in [0.05, 0.1) is 12.4 Å². The summed E-state index contributed by atoms with van der Waals surface area (Å²) in [6.07, 6.45) is -0.0673. The number of hydrogen-bond donors (Lipinski definition) is 1. The zero-order valence-corrected chi connectivity index (χ0v) is 12.5. The Hall–Kier alpha value is -1.21. The molecule has 0 amide bonds. The van der Waals surface area contributed by atoms with Gasteiger partial charge >= 0.3 is 15.5 Å². The molecule has 1 fully saturated rings. The number of nitrogens with zero attached hydrogens (tertiary/aromatic N) is 1. The summed E-state index contributed by atoms with van der Waals surface area (Å²) in [5, 5.41) is 0. The van der Waals surface area contributed by atoms with Crippen molar-refractivity contribution in [2.75, 3.05) is 6.61 Å². The third-order valence-electron chi connectivity index (χ3n) is 2.84. The van der Waals surface area contributed by atoms with E-state index in [9.17, 15) is 30.0 Å². The first kappa shape index (κ1) is 17.1. The topological polar surface area (TPSA) is 110 Å². The van der Waals surface area contributed by atoms with Gasteiger partial charge < -0.3 is 4.74 Å². The quantitative estimate of drug-likeness (QED) is 0.468. The second-order valence-electron chi connectivity index (χ2n) is 4.50. The van der Waals surface area contributed by atoms with Crippen molar-refractivity contribution < 1.29 is 34.7 Å². The highest BCUT2D eigenvalue weighted by molar-refractivity contribution is 8.03. The van der Waals surface area contributed by atoms with E-state index in [4.69, 9.17) is 4.74 Å². The van der Waals surface area contributed by atoms with E-state index in [1.165, 1.54) is 12.1 Å². The Kier molecular flexibility index (Phi) is 4.25. The van der Waals surface area contributed by atoms with Crippen molar-refractivity contribution in [1.82, 2.24) is 3.82 Å². The van der Waals surface area contributed by atoms with Crippen molar-refractivity contribution in [3.8, 4) is 0 Å². The normalized spacial score (nSPS) is 19.4. The molecule has 1 saturated heterocycles. The number of epoxide rings is 1. The number of rotatable bonds is 5. The van der Waals surface area contributed by atoms with Gasteiger partial charge in [-0.25, -0.2) is 22.7 Å². The summed E-state index contributed by atoms with van der Waals surface area (Å²) in [5.41, 5.74) is -4.92. The number of nitrogens with two attached hydrogens (primary N) is 1. The lowest BCUT2D eigenvalue weighted by atomic mass is 10.1. The van der Waals surface area contributed by atoms with Crippen LogP contribution in [0.25, 0.3) is 0 Å². The van der Waals surface area contributed by atoms with Crippen LogP contribution >= 0.6 is 0 Å². The average molecular weight is 360 g/mol. The summed E-state index contributed by atoms with van der Waals surface area (Å²) < 4.78 is 86.3. The number of alkyl halides is 3. The molecule has 2 rings (SSSR count). The monoisotopic (exact) mass is 360 g/mol. The molecule has 12 heteroatoms. The van der Waals surface area contributed by atoms with Crippen LogP contribution in [0.15, 0.2) is 24.3 Å². The maximum atomic E-state index is 12.3. The molecule has 1 aliphatic rings. The molecule has 1 aromatic carbocycles. The number of ether oxygens (including phenoxy) is 1. The molecule has 124 valence electrons. The molecular formula is C10H11F3N2O5S2. The van der Waals surface area contributed by atoms with Crippen LogP contribution in [0.1, 0.15) is 17.2 Å². The number of halogens is 3. The van der Waals surface area contributed by atoms with Crippen LogP contribution in [-0.2, 0) is 30.5 Å².